The highest BCUT2D eigenvalue weighted by Crippen LogP contribution is 2.55. The number of allylic oxidation sites excluding steroid dienone is 2. The van der Waals surface area contributed by atoms with Gasteiger partial charge in [0.05, 0.1) is 0 Å². The van der Waals surface area contributed by atoms with Crippen LogP contribution >= 0.6 is 7.92 Å². The molecule has 4 unspecified atom stereocenters. The van der Waals surface area contributed by atoms with Crippen LogP contribution in [0.4, 0.5) is 0 Å². The van der Waals surface area contributed by atoms with Crippen molar-refractivity contribution < 1.29 is 0 Å². The van der Waals surface area contributed by atoms with Crippen LogP contribution in [0.15, 0.2) is 42.5 Å². The number of unbranched alkanes of at least 4 members (excludes halogenated alkanes) is 3. The van der Waals surface area contributed by atoms with Gasteiger partial charge in [0.25, 0.3) is 0 Å². The van der Waals surface area contributed by atoms with E-state index >= 15 is 0 Å². The van der Waals surface area contributed by atoms with E-state index in [0.717, 1.165) is 17.2 Å². The topological polar surface area (TPSA) is 3.24 Å². The average molecular weight is 414 g/mol. The van der Waals surface area contributed by atoms with E-state index in [2.05, 4.69) is 61.5 Å². The molecule has 0 aromatic heterocycles. The minimum Gasteiger partial charge on any atom is -0.309 e. The Morgan fingerprint density at radius 1 is 0.862 bits per heavy atom. The maximum Gasteiger partial charge on any atom is 0.00132 e. The van der Waals surface area contributed by atoms with E-state index in [4.69, 9.17) is 0 Å². The van der Waals surface area contributed by atoms with E-state index in [9.17, 15) is 0 Å². The molecule has 2 aliphatic rings. The lowest BCUT2D eigenvalue weighted by atomic mass is 9.93. The van der Waals surface area contributed by atoms with E-state index in [0.29, 0.717) is 0 Å². The Hall–Kier alpha value is -0.650. The monoisotopic (exact) mass is 413 g/mol. The fourth-order valence-corrected chi connectivity index (χ4v) is 9.27. The van der Waals surface area contributed by atoms with Crippen molar-refractivity contribution in [1.82, 2.24) is 4.90 Å². The summed E-state index contributed by atoms with van der Waals surface area (Å²) in [5.74, 6) is 0.966. The summed E-state index contributed by atoms with van der Waals surface area (Å²) in [6, 6.07) is 11.7. The molecule has 1 aromatic carbocycles. The van der Waals surface area contributed by atoms with Gasteiger partial charge in [-0.05, 0) is 82.5 Å². The van der Waals surface area contributed by atoms with Crippen LogP contribution in [0, 0.1) is 5.92 Å². The van der Waals surface area contributed by atoms with E-state index in [1.807, 2.05) is 0 Å². The quantitative estimate of drug-likeness (QED) is 0.168. The van der Waals surface area contributed by atoms with Gasteiger partial charge in [-0.15, -0.1) is 0 Å². The van der Waals surface area contributed by atoms with Gasteiger partial charge in [0.2, 0.25) is 0 Å². The Balaban J connectivity index is 1.67. The molecular weight excluding hydrogens is 369 g/mol. The second kappa shape index (κ2) is 12.9. The molecule has 0 spiro atoms. The SMILES string of the molecule is CN(C)CCCCCCC1CCCCCC1P(c1ccccc1)C1C=CCCC1. The molecule has 0 bridgehead atoms. The highest BCUT2D eigenvalue weighted by Gasteiger charge is 2.35. The third-order valence-electron chi connectivity index (χ3n) is 7.05. The molecule has 4 atom stereocenters. The van der Waals surface area contributed by atoms with Crippen LogP contribution in [0.5, 0.6) is 0 Å². The lowest BCUT2D eigenvalue weighted by molar-refractivity contribution is 0.378. The predicted octanol–water partition coefficient (Wildman–Crippen LogP) is 7.36. The first-order valence-corrected chi connectivity index (χ1v) is 13.9. The smallest absolute Gasteiger partial charge is 0.00132 e. The van der Waals surface area contributed by atoms with Crippen LogP contribution in [0.2, 0.25) is 0 Å². The molecule has 1 fully saturated rings. The summed E-state index contributed by atoms with van der Waals surface area (Å²) in [7, 11) is 4.31. The maximum absolute atomic E-state index is 2.62. The predicted molar refractivity (Wildman–Crippen MR) is 132 cm³/mol. The Bertz CT molecular complexity index is 581. The molecule has 0 saturated heterocycles. The van der Waals surface area contributed by atoms with Crippen molar-refractivity contribution in [2.75, 3.05) is 20.6 Å². The summed E-state index contributed by atoms with van der Waals surface area (Å²) in [5, 5.41) is 1.68. The standard InChI is InChI=1S/C27H44NP/c1-28(2)23-15-4-3-8-16-24-17-9-5-14-22-27(24)29(25-18-10-6-11-19-25)26-20-12-7-13-21-26/h6,10-12,18-20,24,26-27H,3-5,7-9,13-17,21-23H2,1-2H3. The molecule has 1 saturated carbocycles. The average Bonchev–Trinajstić information content (AvgIpc) is 2.98. The van der Waals surface area contributed by atoms with Gasteiger partial charge in [-0.25, -0.2) is 0 Å². The van der Waals surface area contributed by atoms with Gasteiger partial charge in [0.1, 0.15) is 0 Å². The van der Waals surface area contributed by atoms with Crippen molar-refractivity contribution in [3.05, 3.63) is 42.5 Å². The molecule has 3 rings (SSSR count). The van der Waals surface area contributed by atoms with E-state index in [-0.39, 0.29) is 7.92 Å². The summed E-state index contributed by atoms with van der Waals surface area (Å²) in [4.78, 5) is 2.33. The van der Waals surface area contributed by atoms with Gasteiger partial charge in [0.15, 0.2) is 0 Å². The first kappa shape index (κ1) is 23.0. The summed E-state index contributed by atoms with van der Waals surface area (Å²) in [6.45, 7) is 1.25. The van der Waals surface area contributed by atoms with Crippen molar-refractivity contribution >= 4 is 13.2 Å². The molecule has 0 aliphatic heterocycles. The van der Waals surface area contributed by atoms with Crippen molar-refractivity contribution in [2.24, 2.45) is 5.92 Å². The molecular formula is C27H44NP. The third-order valence-corrected chi connectivity index (χ3v) is 10.5. The van der Waals surface area contributed by atoms with Gasteiger partial charge < -0.3 is 4.90 Å². The van der Waals surface area contributed by atoms with Crippen molar-refractivity contribution in [2.45, 2.75) is 94.8 Å². The lowest BCUT2D eigenvalue weighted by Crippen LogP contribution is -2.28. The fraction of sp³-hybridized carbons (Fsp3) is 0.704. The van der Waals surface area contributed by atoms with Crippen LogP contribution in [-0.4, -0.2) is 36.9 Å². The summed E-state index contributed by atoms with van der Waals surface area (Å²) in [6.07, 6.45) is 23.7. The number of hydrogen-bond acceptors (Lipinski definition) is 1. The Kier molecular flexibility index (Phi) is 10.3. The Labute approximate surface area is 182 Å². The minimum absolute atomic E-state index is 0.0781. The maximum atomic E-state index is 2.62. The molecule has 2 heteroatoms. The van der Waals surface area contributed by atoms with Crippen LogP contribution in [-0.2, 0) is 0 Å². The van der Waals surface area contributed by atoms with Gasteiger partial charge in [-0.2, -0.15) is 0 Å². The lowest BCUT2D eigenvalue weighted by Gasteiger charge is -2.38. The fourth-order valence-electron chi connectivity index (χ4n) is 5.51. The van der Waals surface area contributed by atoms with Crippen LogP contribution in [0.1, 0.15) is 83.5 Å². The number of nitrogens with zero attached hydrogens (tertiary/aromatic N) is 1. The number of benzene rings is 1. The summed E-state index contributed by atoms with van der Waals surface area (Å²) < 4.78 is 0. The Morgan fingerprint density at radius 3 is 2.41 bits per heavy atom. The minimum atomic E-state index is -0.0781. The van der Waals surface area contributed by atoms with Gasteiger partial charge in [-0.1, -0.05) is 88.9 Å². The molecule has 0 N–H and O–H groups in total. The van der Waals surface area contributed by atoms with Crippen molar-refractivity contribution in [3.8, 4) is 0 Å². The van der Waals surface area contributed by atoms with Gasteiger partial charge in [-0.3, -0.25) is 0 Å². The second-order valence-electron chi connectivity index (χ2n) is 9.64. The zero-order valence-electron chi connectivity index (χ0n) is 19.1. The van der Waals surface area contributed by atoms with Crippen LogP contribution in [0.3, 0.4) is 0 Å². The molecule has 0 amide bonds. The van der Waals surface area contributed by atoms with Gasteiger partial charge >= 0.3 is 0 Å². The van der Waals surface area contributed by atoms with Crippen molar-refractivity contribution in [1.29, 1.82) is 0 Å². The van der Waals surface area contributed by atoms with Crippen LogP contribution < -0.4 is 5.30 Å². The zero-order valence-corrected chi connectivity index (χ0v) is 20.0. The molecule has 162 valence electrons. The molecule has 29 heavy (non-hydrogen) atoms. The largest absolute Gasteiger partial charge is 0.309 e. The first-order valence-electron chi connectivity index (χ1n) is 12.4. The Morgan fingerprint density at radius 2 is 1.66 bits per heavy atom. The summed E-state index contributed by atoms with van der Waals surface area (Å²) in [5.41, 5.74) is 1.77. The van der Waals surface area contributed by atoms with Crippen LogP contribution in [0.25, 0.3) is 0 Å². The van der Waals surface area contributed by atoms with Gasteiger partial charge in [0, 0.05) is 5.66 Å². The number of rotatable bonds is 10. The molecule has 1 aromatic rings. The molecule has 0 heterocycles. The normalized spacial score (nSPS) is 26.4. The van der Waals surface area contributed by atoms with E-state index in [1.54, 1.807) is 5.30 Å². The van der Waals surface area contributed by atoms with Crippen molar-refractivity contribution in [3.63, 3.8) is 0 Å². The molecule has 2 aliphatic carbocycles. The molecule has 1 nitrogen and oxygen atoms in total. The van der Waals surface area contributed by atoms with E-state index < -0.39 is 0 Å². The van der Waals surface area contributed by atoms with E-state index in [1.165, 1.54) is 90.0 Å². The zero-order chi connectivity index (χ0) is 20.3. The number of hydrogen-bond donors (Lipinski definition) is 0. The highest BCUT2D eigenvalue weighted by atomic mass is 31.1. The molecule has 0 radical (unpaired) electrons. The third kappa shape index (κ3) is 7.52. The second-order valence-corrected chi connectivity index (χ2v) is 12.3. The highest BCUT2D eigenvalue weighted by molar-refractivity contribution is 7.67. The summed E-state index contributed by atoms with van der Waals surface area (Å²) >= 11 is 0. The first-order chi connectivity index (χ1) is 14.3.